The molecule has 3 aromatic heterocycles. The molecule has 0 spiro atoms. The van der Waals surface area contributed by atoms with Crippen LogP contribution in [-0.2, 0) is 40.8 Å². The Hall–Kier alpha value is -4.13. The summed E-state index contributed by atoms with van der Waals surface area (Å²) in [6, 6.07) is 1.04. The van der Waals surface area contributed by atoms with Crippen molar-refractivity contribution < 1.29 is 57.9 Å². The lowest BCUT2D eigenvalue weighted by molar-refractivity contribution is -0.0516. The van der Waals surface area contributed by atoms with Gasteiger partial charge >= 0.3 is 19.5 Å². The molecule has 23 nitrogen and oxygen atoms in total. The second-order valence-electron chi connectivity index (χ2n) is 14.0. The first-order valence-electron chi connectivity index (χ1n) is 18.2. The van der Waals surface area contributed by atoms with Gasteiger partial charge in [0.05, 0.1) is 44.7 Å². The van der Waals surface area contributed by atoms with Crippen LogP contribution in [-0.4, -0.2) is 123 Å². The second-order valence-corrected chi connectivity index (χ2v) is 15.4. The number of aliphatic hydroxyl groups is 4. The predicted molar refractivity (Wildman–Crippen MR) is 193 cm³/mol. The smallest absolute Gasteiger partial charge is 0.464 e. The standard InChI is InChI=1S/C33H46N7O16P/c1-16-11-39(32(48)36-30(16)46)29-9-21(23(14-42)55-29)56-57(49,50)52-15-24-19(43)7-18(53-24)3-5-38-26(35-25(34)10-27(38)45)4-6-51-33-37-31(47)17(2)12-40(33)28-8-20(44)22(13-41)54-28/h10-12,18-24,28-29,41-44H,3-9,13-15,34H2,1-2H3,(H,49,50)(H,36,46,48)/t18-,19-,20-,21-,22+,23+,24+,28+,29+/m0/s1. The van der Waals surface area contributed by atoms with Crippen molar-refractivity contribution in [1.29, 1.82) is 0 Å². The first-order valence-corrected chi connectivity index (χ1v) is 19.7. The molecule has 0 aliphatic carbocycles. The molecule has 6 rings (SSSR count). The van der Waals surface area contributed by atoms with Crippen LogP contribution in [0.5, 0.6) is 6.01 Å². The van der Waals surface area contributed by atoms with Crippen LogP contribution in [0.25, 0.3) is 0 Å². The third-order valence-electron chi connectivity index (χ3n) is 9.91. The average molecular weight is 828 g/mol. The molecule has 0 bridgehead atoms. The number of aliphatic hydroxyl groups excluding tert-OH is 4. The lowest BCUT2D eigenvalue weighted by Crippen LogP contribution is -2.33. The number of ether oxygens (including phenoxy) is 4. The van der Waals surface area contributed by atoms with Gasteiger partial charge in [-0.15, -0.1) is 0 Å². The summed E-state index contributed by atoms with van der Waals surface area (Å²) in [6.45, 7) is 1.42. The molecule has 57 heavy (non-hydrogen) atoms. The molecule has 0 saturated carbocycles. The van der Waals surface area contributed by atoms with Gasteiger partial charge in [-0.1, -0.05) is 0 Å². The Labute approximate surface area is 322 Å². The van der Waals surface area contributed by atoms with E-state index in [2.05, 4.69) is 15.0 Å². The SMILES string of the molecule is Cc1cn([C@H]2C[C@H](O)[C@@H](CO)O2)c(OCCc2nc(N)cc(=O)n2CC[C@H]2C[C@H](O)[C@@H](COP(=O)(O)O[C@H]3C[C@H](n4cc(C)c(=O)[nH]c4=O)O[C@@H]3CO)O2)nc1=O. The molecule has 10 atom stereocenters. The number of anilines is 1. The number of nitrogens with two attached hydrogens (primary N) is 1. The van der Waals surface area contributed by atoms with Crippen LogP contribution >= 0.6 is 7.82 Å². The van der Waals surface area contributed by atoms with Crippen molar-refractivity contribution in [2.24, 2.45) is 0 Å². The maximum atomic E-state index is 13.0. The molecule has 24 heteroatoms. The molecular weight excluding hydrogens is 781 g/mol. The number of aryl methyl sites for hydroxylation is 2. The first kappa shape index (κ1) is 42.5. The Kier molecular flexibility index (Phi) is 13.3. The average Bonchev–Trinajstić information content (AvgIpc) is 3.84. The quantitative estimate of drug-likeness (QED) is 0.0734. The highest BCUT2D eigenvalue weighted by Crippen LogP contribution is 2.48. The Morgan fingerprint density at radius 2 is 1.61 bits per heavy atom. The number of phosphoric ester groups is 1. The second kappa shape index (κ2) is 17.8. The number of nitrogen functional groups attached to an aromatic ring is 1. The third-order valence-corrected chi connectivity index (χ3v) is 10.9. The van der Waals surface area contributed by atoms with E-state index in [1.807, 2.05) is 0 Å². The molecule has 3 aliphatic heterocycles. The molecule has 314 valence electrons. The van der Waals surface area contributed by atoms with E-state index in [1.165, 1.54) is 28.5 Å². The number of rotatable bonds is 16. The number of phosphoric acid groups is 1. The zero-order valence-electron chi connectivity index (χ0n) is 31.0. The molecule has 1 unspecified atom stereocenters. The first-order chi connectivity index (χ1) is 27.0. The molecule has 0 amide bonds. The van der Waals surface area contributed by atoms with Crippen molar-refractivity contribution in [3.63, 3.8) is 0 Å². The molecule has 3 aliphatic rings. The number of H-pyrrole nitrogens is 1. The van der Waals surface area contributed by atoms with Crippen LogP contribution in [0.1, 0.15) is 55.1 Å². The maximum absolute atomic E-state index is 13.0. The van der Waals surface area contributed by atoms with E-state index >= 15 is 0 Å². The lowest BCUT2D eigenvalue weighted by atomic mass is 10.1. The topological polar surface area (TPSA) is 324 Å². The van der Waals surface area contributed by atoms with E-state index in [-0.39, 0.29) is 68.5 Å². The molecule has 6 heterocycles. The predicted octanol–water partition coefficient (Wildman–Crippen LogP) is -2.50. The summed E-state index contributed by atoms with van der Waals surface area (Å²) in [6.07, 6.45) is -5.56. The van der Waals surface area contributed by atoms with Gasteiger partial charge in [0, 0.05) is 61.8 Å². The summed E-state index contributed by atoms with van der Waals surface area (Å²) < 4.78 is 50.4. The highest BCUT2D eigenvalue weighted by atomic mass is 31.2. The maximum Gasteiger partial charge on any atom is 0.472 e. The van der Waals surface area contributed by atoms with Gasteiger partial charge in [0.15, 0.2) is 0 Å². The van der Waals surface area contributed by atoms with Crippen molar-refractivity contribution in [2.75, 3.05) is 32.2 Å². The van der Waals surface area contributed by atoms with Gasteiger partial charge in [-0.25, -0.2) is 14.3 Å². The van der Waals surface area contributed by atoms with Crippen LogP contribution in [0.3, 0.4) is 0 Å². The van der Waals surface area contributed by atoms with Crippen LogP contribution < -0.4 is 32.8 Å². The number of aromatic nitrogens is 6. The summed E-state index contributed by atoms with van der Waals surface area (Å²) in [5.74, 6) is 0.205. The van der Waals surface area contributed by atoms with Crippen molar-refractivity contribution in [3.05, 3.63) is 77.0 Å². The minimum atomic E-state index is -4.83. The zero-order chi connectivity index (χ0) is 41.2. The summed E-state index contributed by atoms with van der Waals surface area (Å²) in [5, 5.41) is 40.2. The molecule has 8 N–H and O–H groups in total. The minimum absolute atomic E-state index is 0.0363. The zero-order valence-corrected chi connectivity index (χ0v) is 31.9. The van der Waals surface area contributed by atoms with Gasteiger partial charge < -0.3 is 50.0 Å². The number of nitrogens with one attached hydrogen (secondary N) is 1. The van der Waals surface area contributed by atoms with Gasteiger partial charge in [0.25, 0.3) is 16.7 Å². The fourth-order valence-corrected chi connectivity index (χ4v) is 7.85. The van der Waals surface area contributed by atoms with E-state index in [1.54, 1.807) is 6.92 Å². The van der Waals surface area contributed by atoms with Crippen molar-refractivity contribution >= 4 is 13.6 Å². The number of aromatic amines is 1. The van der Waals surface area contributed by atoms with E-state index in [0.717, 1.165) is 10.6 Å². The van der Waals surface area contributed by atoms with E-state index in [0.29, 0.717) is 5.56 Å². The van der Waals surface area contributed by atoms with Crippen molar-refractivity contribution in [1.82, 2.24) is 28.7 Å². The Morgan fingerprint density at radius 3 is 2.33 bits per heavy atom. The van der Waals surface area contributed by atoms with Gasteiger partial charge in [-0.2, -0.15) is 4.98 Å². The number of hydrogen-bond acceptors (Lipinski definition) is 18. The summed E-state index contributed by atoms with van der Waals surface area (Å²) in [4.78, 5) is 70.4. The summed E-state index contributed by atoms with van der Waals surface area (Å²) in [7, 11) is -4.83. The Bertz CT molecular complexity index is 2190. The normalized spacial score (nSPS) is 28.5. The Balaban J connectivity index is 1.03. The lowest BCUT2D eigenvalue weighted by Gasteiger charge is -2.22. The highest BCUT2D eigenvalue weighted by Gasteiger charge is 2.43. The molecule has 3 aromatic rings. The fraction of sp³-hybridized carbons (Fsp3) is 0.636. The van der Waals surface area contributed by atoms with Gasteiger partial charge in [-0.05, 0) is 20.3 Å². The van der Waals surface area contributed by atoms with E-state index < -0.39 is 105 Å². The van der Waals surface area contributed by atoms with Gasteiger partial charge in [0.2, 0.25) is 0 Å². The monoisotopic (exact) mass is 827 g/mol. The summed E-state index contributed by atoms with van der Waals surface area (Å²) >= 11 is 0. The third kappa shape index (κ3) is 9.95. The molecular formula is C33H46N7O16P. The van der Waals surface area contributed by atoms with E-state index in [9.17, 15) is 49.1 Å². The van der Waals surface area contributed by atoms with Crippen LogP contribution in [0, 0.1) is 13.8 Å². The van der Waals surface area contributed by atoms with Crippen LogP contribution in [0.15, 0.2) is 37.6 Å². The number of hydrogen-bond donors (Lipinski definition) is 7. The molecule has 3 saturated heterocycles. The molecule has 0 radical (unpaired) electrons. The minimum Gasteiger partial charge on any atom is -0.464 e. The fourth-order valence-electron chi connectivity index (χ4n) is 6.89. The molecule has 0 aromatic carbocycles. The highest BCUT2D eigenvalue weighted by molar-refractivity contribution is 7.47. The van der Waals surface area contributed by atoms with Crippen LogP contribution in [0.2, 0.25) is 0 Å². The van der Waals surface area contributed by atoms with E-state index in [4.69, 9.17) is 33.7 Å². The number of nitrogens with zero attached hydrogens (tertiary/aromatic N) is 5. The molecule has 3 fully saturated rings. The van der Waals surface area contributed by atoms with Crippen molar-refractivity contribution in [2.45, 2.75) is 108 Å². The van der Waals surface area contributed by atoms with Gasteiger partial charge in [-0.3, -0.25) is 42.1 Å². The van der Waals surface area contributed by atoms with Crippen molar-refractivity contribution in [3.8, 4) is 6.01 Å². The van der Waals surface area contributed by atoms with Crippen LogP contribution in [0.4, 0.5) is 5.82 Å². The largest absolute Gasteiger partial charge is 0.472 e. The van der Waals surface area contributed by atoms with Gasteiger partial charge in [0.1, 0.15) is 48.5 Å². The summed E-state index contributed by atoms with van der Waals surface area (Å²) in [5.41, 5.74) is 4.03. The Morgan fingerprint density at radius 1 is 0.930 bits per heavy atom.